The van der Waals surface area contributed by atoms with Crippen LogP contribution < -0.4 is 27.4 Å². The molecule has 14 heteroatoms. The van der Waals surface area contributed by atoms with Crippen LogP contribution in [0.4, 0.5) is 0 Å². The van der Waals surface area contributed by atoms with Crippen LogP contribution in [-0.2, 0) is 36.8 Å². The average molecular weight is 583 g/mol. The van der Waals surface area contributed by atoms with Crippen LogP contribution in [0.1, 0.15) is 24.5 Å². The van der Waals surface area contributed by atoms with Crippen molar-refractivity contribution in [2.24, 2.45) is 11.5 Å². The molecule has 42 heavy (non-hydrogen) atoms. The lowest BCUT2D eigenvalue weighted by Crippen LogP contribution is -2.59. The number of primary amides is 1. The van der Waals surface area contributed by atoms with Crippen molar-refractivity contribution in [3.05, 3.63) is 65.9 Å². The summed E-state index contributed by atoms with van der Waals surface area (Å²) in [5.41, 5.74) is 12.9. The summed E-state index contributed by atoms with van der Waals surface area (Å²) < 4.78 is 0. The van der Waals surface area contributed by atoms with Crippen LogP contribution in [0.3, 0.4) is 0 Å². The lowest BCUT2D eigenvalue weighted by molar-refractivity contribution is -0.143. The number of carboxylic acid groups (broad SMARTS) is 1. The Morgan fingerprint density at radius 1 is 0.857 bits per heavy atom. The number of H-pyrrole nitrogens is 1. The Bertz CT molecular complexity index is 1440. The molecule has 0 spiro atoms. The van der Waals surface area contributed by atoms with Crippen LogP contribution in [0.5, 0.6) is 5.75 Å². The van der Waals surface area contributed by atoms with Crippen molar-refractivity contribution in [2.75, 3.05) is 0 Å². The van der Waals surface area contributed by atoms with Gasteiger partial charge in [0, 0.05) is 29.9 Å². The maximum Gasteiger partial charge on any atom is 0.326 e. The predicted molar refractivity (Wildman–Crippen MR) is 151 cm³/mol. The molecule has 3 rings (SSSR count). The lowest BCUT2D eigenvalue weighted by atomic mass is 10.0. The first-order chi connectivity index (χ1) is 19.8. The van der Waals surface area contributed by atoms with E-state index in [9.17, 15) is 39.3 Å². The number of amides is 4. The Balaban J connectivity index is 1.91. The summed E-state index contributed by atoms with van der Waals surface area (Å²) in [7, 11) is 0. The fourth-order valence-corrected chi connectivity index (χ4v) is 4.24. The van der Waals surface area contributed by atoms with Gasteiger partial charge in [0.2, 0.25) is 23.6 Å². The summed E-state index contributed by atoms with van der Waals surface area (Å²) in [6, 6.07) is 7.41. The molecule has 5 atom stereocenters. The van der Waals surface area contributed by atoms with Crippen LogP contribution in [0.2, 0.25) is 0 Å². The fraction of sp³-hybridized carbons (Fsp3) is 0.321. The number of aromatic hydroxyl groups is 1. The highest BCUT2D eigenvalue weighted by Crippen LogP contribution is 2.19. The SMILES string of the molecule is CC(O)C(N)C(=O)NC(Cc1c[nH]c2ccccc12)C(=O)NC(Cc1ccc(O)cc1)C(=O)NC(CC(N)=O)C(=O)O. The minimum absolute atomic E-state index is 0.0267. The Morgan fingerprint density at radius 2 is 1.43 bits per heavy atom. The zero-order valence-corrected chi connectivity index (χ0v) is 22.7. The number of aromatic nitrogens is 1. The summed E-state index contributed by atoms with van der Waals surface area (Å²) in [5, 5.41) is 37.0. The Hall–Kier alpha value is -4.95. The number of carbonyl (C=O) groups excluding carboxylic acids is 4. The first kappa shape index (κ1) is 31.6. The molecule has 11 N–H and O–H groups in total. The van der Waals surface area contributed by atoms with Gasteiger partial charge in [0.05, 0.1) is 12.5 Å². The normalized spacial score (nSPS) is 14.6. The van der Waals surface area contributed by atoms with Gasteiger partial charge >= 0.3 is 5.97 Å². The van der Waals surface area contributed by atoms with Crippen molar-refractivity contribution in [1.29, 1.82) is 0 Å². The molecule has 0 aliphatic rings. The van der Waals surface area contributed by atoms with E-state index in [1.54, 1.807) is 12.3 Å². The summed E-state index contributed by atoms with van der Waals surface area (Å²) >= 11 is 0. The number of hydrogen-bond donors (Lipinski definition) is 9. The second kappa shape index (κ2) is 14.1. The molecule has 0 radical (unpaired) electrons. The van der Waals surface area contributed by atoms with Crippen molar-refractivity contribution in [3.8, 4) is 5.75 Å². The minimum Gasteiger partial charge on any atom is -0.508 e. The molecule has 0 aliphatic carbocycles. The zero-order chi connectivity index (χ0) is 31.0. The smallest absolute Gasteiger partial charge is 0.326 e. The number of carbonyl (C=O) groups is 5. The van der Waals surface area contributed by atoms with Crippen molar-refractivity contribution < 1.29 is 39.3 Å². The van der Waals surface area contributed by atoms with Crippen LogP contribution in [-0.4, -0.2) is 80.2 Å². The third-order valence-electron chi connectivity index (χ3n) is 6.58. The fourth-order valence-electron chi connectivity index (χ4n) is 4.24. The number of aliphatic hydroxyl groups is 1. The van der Waals surface area contributed by atoms with Gasteiger partial charge in [-0.25, -0.2) is 4.79 Å². The lowest BCUT2D eigenvalue weighted by Gasteiger charge is -2.25. The second-order valence-electron chi connectivity index (χ2n) is 9.89. The summed E-state index contributed by atoms with van der Waals surface area (Å²) in [6.07, 6.45) is -0.388. The summed E-state index contributed by atoms with van der Waals surface area (Å²) in [5.74, 6) is -5.04. The summed E-state index contributed by atoms with van der Waals surface area (Å²) in [6.45, 7) is 1.32. The Kier molecular flexibility index (Phi) is 10.6. The van der Waals surface area contributed by atoms with E-state index in [0.29, 0.717) is 11.1 Å². The van der Waals surface area contributed by atoms with Crippen LogP contribution in [0.15, 0.2) is 54.7 Å². The molecule has 0 saturated carbocycles. The molecule has 3 aromatic rings. The first-order valence-electron chi connectivity index (χ1n) is 13.0. The molecule has 4 amide bonds. The van der Waals surface area contributed by atoms with Gasteiger partial charge < -0.3 is 47.7 Å². The maximum atomic E-state index is 13.6. The number of aliphatic hydroxyl groups excluding tert-OH is 1. The number of phenols is 1. The molecule has 0 fully saturated rings. The molecule has 14 nitrogen and oxygen atoms in total. The van der Waals surface area contributed by atoms with Crippen LogP contribution >= 0.6 is 0 Å². The third kappa shape index (κ3) is 8.52. The summed E-state index contributed by atoms with van der Waals surface area (Å²) in [4.78, 5) is 65.7. The number of aliphatic carboxylic acids is 1. The number of aromatic amines is 1. The van der Waals surface area contributed by atoms with Gasteiger partial charge in [-0.15, -0.1) is 0 Å². The zero-order valence-electron chi connectivity index (χ0n) is 22.7. The number of benzene rings is 2. The highest BCUT2D eigenvalue weighted by molar-refractivity contribution is 5.95. The quantitative estimate of drug-likeness (QED) is 0.110. The van der Waals surface area contributed by atoms with E-state index in [0.717, 1.165) is 10.9 Å². The second-order valence-corrected chi connectivity index (χ2v) is 9.89. The van der Waals surface area contributed by atoms with E-state index in [2.05, 4.69) is 20.9 Å². The maximum absolute atomic E-state index is 13.6. The number of nitrogens with two attached hydrogens (primary N) is 2. The molecular formula is C28H34N6O8. The number of nitrogens with one attached hydrogen (secondary N) is 4. The van der Waals surface area contributed by atoms with E-state index in [1.807, 2.05) is 18.2 Å². The molecule has 1 heterocycles. The molecule has 5 unspecified atom stereocenters. The number of hydrogen-bond acceptors (Lipinski definition) is 8. The Morgan fingerprint density at radius 3 is 2.02 bits per heavy atom. The standard InChI is InChI=1S/C28H34N6O8/c1-14(35)24(30)27(40)33-21(11-16-13-31-19-5-3-2-4-18(16)19)26(39)32-20(10-15-6-8-17(36)9-7-15)25(38)34-22(28(41)42)12-23(29)37/h2-9,13-14,20-22,24,31,35-36H,10-12,30H2,1H3,(H2,29,37)(H,32,39)(H,33,40)(H,34,38)(H,41,42). The first-order valence-corrected chi connectivity index (χ1v) is 13.0. The average Bonchev–Trinajstić information content (AvgIpc) is 3.34. The van der Waals surface area contributed by atoms with E-state index >= 15 is 0 Å². The Labute approximate surface area is 240 Å². The van der Waals surface area contributed by atoms with E-state index in [4.69, 9.17) is 11.5 Å². The number of rotatable bonds is 14. The predicted octanol–water partition coefficient (Wildman–Crippen LogP) is -1.22. The van der Waals surface area contributed by atoms with Gasteiger partial charge in [-0.05, 0) is 36.2 Å². The van der Waals surface area contributed by atoms with Crippen molar-refractivity contribution in [2.45, 2.75) is 56.5 Å². The third-order valence-corrected chi connectivity index (χ3v) is 6.58. The van der Waals surface area contributed by atoms with Gasteiger partial charge in [0.25, 0.3) is 0 Å². The monoisotopic (exact) mass is 582 g/mol. The minimum atomic E-state index is -1.65. The van der Waals surface area contributed by atoms with Crippen molar-refractivity contribution >= 4 is 40.5 Å². The molecule has 0 saturated heterocycles. The van der Waals surface area contributed by atoms with E-state index < -0.39 is 66.3 Å². The molecular weight excluding hydrogens is 548 g/mol. The van der Waals surface area contributed by atoms with Gasteiger partial charge in [0.1, 0.15) is 29.9 Å². The van der Waals surface area contributed by atoms with Crippen LogP contribution in [0.25, 0.3) is 10.9 Å². The number of para-hydroxylation sites is 1. The van der Waals surface area contributed by atoms with Crippen LogP contribution in [0, 0.1) is 0 Å². The largest absolute Gasteiger partial charge is 0.508 e. The van der Waals surface area contributed by atoms with Gasteiger partial charge in [-0.1, -0.05) is 30.3 Å². The van der Waals surface area contributed by atoms with Crippen molar-refractivity contribution in [1.82, 2.24) is 20.9 Å². The molecule has 0 bridgehead atoms. The van der Waals surface area contributed by atoms with Gasteiger partial charge in [0.15, 0.2) is 0 Å². The number of fused-ring (bicyclic) bond motifs is 1. The molecule has 224 valence electrons. The van der Waals surface area contributed by atoms with E-state index in [-0.39, 0.29) is 18.6 Å². The van der Waals surface area contributed by atoms with Gasteiger partial charge in [-0.3, -0.25) is 19.2 Å². The highest BCUT2D eigenvalue weighted by atomic mass is 16.4. The van der Waals surface area contributed by atoms with Crippen molar-refractivity contribution in [3.63, 3.8) is 0 Å². The van der Waals surface area contributed by atoms with Gasteiger partial charge in [-0.2, -0.15) is 0 Å². The number of carboxylic acids is 1. The number of phenolic OH excluding ortho intramolecular Hbond substituents is 1. The highest BCUT2D eigenvalue weighted by Gasteiger charge is 2.32. The topological polar surface area (TPSA) is 250 Å². The molecule has 0 aliphatic heterocycles. The molecule has 2 aromatic carbocycles. The molecule has 1 aromatic heterocycles. The van der Waals surface area contributed by atoms with E-state index in [1.165, 1.54) is 31.2 Å².